The van der Waals surface area contributed by atoms with E-state index in [1.807, 2.05) is 0 Å². The third kappa shape index (κ3) is 74.3. The number of ether oxygens (including phenoxy) is 4. The lowest BCUT2D eigenvalue weighted by Crippen LogP contribution is -2.30. The Morgan fingerprint density at radius 2 is 0.460 bits per heavy atom. The zero-order valence-electron chi connectivity index (χ0n) is 65.3. The first-order valence-electron chi connectivity index (χ1n) is 42.1. The molecule has 0 aliphatic carbocycles. The summed E-state index contributed by atoms with van der Waals surface area (Å²) in [7, 11) is -9.91. The molecule has 0 heterocycles. The van der Waals surface area contributed by atoms with Crippen LogP contribution >= 0.6 is 15.6 Å². The van der Waals surface area contributed by atoms with E-state index in [0.717, 1.165) is 102 Å². The van der Waals surface area contributed by atoms with Gasteiger partial charge in [-0.2, -0.15) is 0 Å². The van der Waals surface area contributed by atoms with Gasteiger partial charge in [0.1, 0.15) is 19.3 Å². The Morgan fingerprint density at radius 3 is 0.680 bits per heavy atom. The lowest BCUT2D eigenvalue weighted by atomic mass is 10.0. The van der Waals surface area contributed by atoms with E-state index in [9.17, 15) is 43.2 Å². The molecule has 17 nitrogen and oxygen atoms in total. The van der Waals surface area contributed by atoms with E-state index in [1.54, 1.807) is 0 Å². The fourth-order valence-corrected chi connectivity index (χ4v) is 14.2. The molecule has 0 spiro atoms. The van der Waals surface area contributed by atoms with E-state index in [0.29, 0.717) is 25.7 Å². The first-order valence-corrected chi connectivity index (χ1v) is 45.1. The summed E-state index contributed by atoms with van der Waals surface area (Å²) < 4.78 is 68.5. The Hall–Kier alpha value is -1.94. The Balaban J connectivity index is 5.12. The molecule has 0 aromatic rings. The van der Waals surface area contributed by atoms with Gasteiger partial charge in [-0.3, -0.25) is 37.3 Å². The van der Waals surface area contributed by atoms with Gasteiger partial charge in [-0.15, -0.1) is 0 Å². The molecule has 0 aromatic heterocycles. The van der Waals surface area contributed by atoms with Crippen LogP contribution in [0, 0.1) is 5.92 Å². The summed E-state index contributed by atoms with van der Waals surface area (Å²) in [6, 6.07) is 0. The topological polar surface area (TPSA) is 237 Å². The number of carbonyl (C=O) groups excluding carboxylic acids is 4. The van der Waals surface area contributed by atoms with Crippen molar-refractivity contribution in [1.29, 1.82) is 0 Å². The van der Waals surface area contributed by atoms with Gasteiger partial charge in [0, 0.05) is 25.7 Å². The maximum absolute atomic E-state index is 13.1. The lowest BCUT2D eigenvalue weighted by Gasteiger charge is -2.21. The summed E-state index contributed by atoms with van der Waals surface area (Å²) in [6.45, 7) is 7.31. The van der Waals surface area contributed by atoms with Gasteiger partial charge in [-0.1, -0.05) is 381 Å². The van der Waals surface area contributed by atoms with E-state index in [2.05, 4.69) is 34.6 Å². The first-order chi connectivity index (χ1) is 48.5. The third-order valence-electron chi connectivity index (χ3n) is 19.0. The Kier molecular flexibility index (Phi) is 72.5. The van der Waals surface area contributed by atoms with Crippen molar-refractivity contribution in [3.05, 3.63) is 0 Å². The smallest absolute Gasteiger partial charge is 0.462 e. The van der Waals surface area contributed by atoms with E-state index in [-0.39, 0.29) is 25.7 Å². The number of esters is 4. The monoisotopic (exact) mass is 1470 g/mol. The quantitative estimate of drug-likeness (QED) is 0.0222. The summed E-state index contributed by atoms with van der Waals surface area (Å²) in [5.41, 5.74) is 0. The van der Waals surface area contributed by atoms with Gasteiger partial charge in [0.2, 0.25) is 0 Å². The fraction of sp³-hybridized carbons (Fsp3) is 0.951. The number of rotatable bonds is 81. The van der Waals surface area contributed by atoms with Crippen LogP contribution in [-0.4, -0.2) is 96.7 Å². The summed E-state index contributed by atoms with van der Waals surface area (Å²) in [4.78, 5) is 72.8. The van der Waals surface area contributed by atoms with Crippen LogP contribution in [0.2, 0.25) is 0 Å². The van der Waals surface area contributed by atoms with Crippen molar-refractivity contribution < 1.29 is 80.2 Å². The van der Waals surface area contributed by atoms with E-state index < -0.39 is 97.5 Å². The Bertz CT molecular complexity index is 1910. The lowest BCUT2D eigenvalue weighted by molar-refractivity contribution is -0.161. The highest BCUT2D eigenvalue weighted by molar-refractivity contribution is 7.47. The SMILES string of the molecule is CCCCCCCCCCCCCCCCCCCCCCCCC(=O)O[C@H](COC(=O)CCCCCCCCCCCCCCCCCCCCC(C)C)COP(=O)(O)OC[C@@H](O)COP(=O)(O)OC[C@@H](COC(=O)CCCCCCCCCC)OC(=O)CCCCCCCCCCC. The summed E-state index contributed by atoms with van der Waals surface area (Å²) in [6.07, 6.45) is 65.6. The highest BCUT2D eigenvalue weighted by Gasteiger charge is 2.30. The second-order valence-corrected chi connectivity index (χ2v) is 32.5. The van der Waals surface area contributed by atoms with Crippen molar-refractivity contribution in [3.63, 3.8) is 0 Å². The molecule has 0 aromatic carbocycles. The van der Waals surface area contributed by atoms with Gasteiger partial charge in [-0.05, 0) is 31.6 Å². The number of phosphoric acid groups is 2. The molecule has 2 unspecified atom stereocenters. The molecule has 0 bridgehead atoms. The summed E-state index contributed by atoms with van der Waals surface area (Å²) >= 11 is 0. The standard InChI is InChI=1S/C81H158O17P2/c1-6-9-12-15-18-21-22-23-24-25-26-27-28-29-34-37-40-43-47-52-57-62-67-81(86)98-77(71-92-79(84)65-60-55-50-46-42-39-36-33-31-30-32-35-38-41-45-48-53-58-63-74(4)5)73-96-100(89,90)94-69-75(82)68-93-99(87,88)95-72-76(70-91-78(83)64-59-54-49-20-17-14-11-8-3)97-80(85)66-61-56-51-44-19-16-13-10-7-2/h74-77,82H,6-73H2,1-5H3,(H,87,88)(H,89,90)/t75-,76+,77+/m0/s1. The molecule has 0 saturated heterocycles. The molecular formula is C81H158O17P2. The molecule has 19 heteroatoms. The number of hydrogen-bond acceptors (Lipinski definition) is 15. The third-order valence-corrected chi connectivity index (χ3v) is 20.9. The average Bonchev–Trinajstić information content (AvgIpc) is 0.976. The average molecular weight is 1470 g/mol. The van der Waals surface area contributed by atoms with Gasteiger partial charge in [-0.25, -0.2) is 9.13 Å². The Labute approximate surface area is 613 Å². The zero-order chi connectivity index (χ0) is 73.4. The Morgan fingerprint density at radius 1 is 0.270 bits per heavy atom. The molecule has 5 atom stereocenters. The molecule has 0 saturated carbocycles. The molecule has 0 amide bonds. The van der Waals surface area contributed by atoms with E-state index in [4.69, 9.17) is 37.0 Å². The molecule has 594 valence electrons. The molecule has 0 radical (unpaired) electrons. The van der Waals surface area contributed by atoms with Crippen LogP contribution in [-0.2, 0) is 65.4 Å². The highest BCUT2D eigenvalue weighted by Crippen LogP contribution is 2.45. The van der Waals surface area contributed by atoms with Gasteiger partial charge in [0.05, 0.1) is 26.4 Å². The van der Waals surface area contributed by atoms with Gasteiger partial charge < -0.3 is 33.8 Å². The normalized spacial score (nSPS) is 13.8. The molecule has 100 heavy (non-hydrogen) atoms. The van der Waals surface area contributed by atoms with Crippen molar-refractivity contribution in [2.45, 2.75) is 451 Å². The highest BCUT2D eigenvalue weighted by atomic mass is 31.2. The maximum atomic E-state index is 13.1. The fourth-order valence-electron chi connectivity index (χ4n) is 12.6. The summed E-state index contributed by atoms with van der Waals surface area (Å²) in [5, 5.41) is 10.6. The van der Waals surface area contributed by atoms with E-state index in [1.165, 1.54) is 250 Å². The van der Waals surface area contributed by atoms with Crippen LogP contribution in [0.15, 0.2) is 0 Å². The van der Waals surface area contributed by atoms with Crippen LogP contribution in [0.1, 0.15) is 433 Å². The maximum Gasteiger partial charge on any atom is 0.472 e. The summed E-state index contributed by atoms with van der Waals surface area (Å²) in [5.74, 6) is -1.29. The zero-order valence-corrected chi connectivity index (χ0v) is 67.1. The minimum atomic E-state index is -4.96. The van der Waals surface area contributed by atoms with Gasteiger partial charge in [0.25, 0.3) is 0 Å². The van der Waals surface area contributed by atoms with Crippen LogP contribution in [0.5, 0.6) is 0 Å². The first kappa shape index (κ1) is 98.1. The second kappa shape index (κ2) is 73.9. The molecule has 0 aliphatic rings. The van der Waals surface area contributed by atoms with Gasteiger partial charge >= 0.3 is 39.5 Å². The van der Waals surface area contributed by atoms with E-state index >= 15 is 0 Å². The molecular weight excluding hydrogens is 1310 g/mol. The van der Waals surface area contributed by atoms with Crippen molar-refractivity contribution in [3.8, 4) is 0 Å². The number of aliphatic hydroxyl groups is 1. The van der Waals surface area contributed by atoms with Crippen molar-refractivity contribution >= 4 is 39.5 Å². The van der Waals surface area contributed by atoms with Crippen molar-refractivity contribution in [1.82, 2.24) is 0 Å². The molecule has 0 aliphatic heterocycles. The van der Waals surface area contributed by atoms with Crippen LogP contribution in [0.3, 0.4) is 0 Å². The predicted molar refractivity (Wildman–Crippen MR) is 409 cm³/mol. The largest absolute Gasteiger partial charge is 0.472 e. The van der Waals surface area contributed by atoms with Gasteiger partial charge in [0.15, 0.2) is 12.2 Å². The van der Waals surface area contributed by atoms with Crippen molar-refractivity contribution in [2.75, 3.05) is 39.6 Å². The molecule has 0 rings (SSSR count). The minimum absolute atomic E-state index is 0.106. The number of aliphatic hydroxyl groups excluding tert-OH is 1. The minimum Gasteiger partial charge on any atom is -0.462 e. The second-order valence-electron chi connectivity index (χ2n) is 29.6. The molecule has 0 fully saturated rings. The number of hydrogen-bond donors (Lipinski definition) is 3. The van der Waals surface area contributed by atoms with Crippen LogP contribution in [0.25, 0.3) is 0 Å². The number of unbranched alkanes of at least 4 members (excludes halogenated alkanes) is 53. The van der Waals surface area contributed by atoms with Crippen LogP contribution in [0.4, 0.5) is 0 Å². The molecule has 3 N–H and O–H groups in total. The predicted octanol–water partition coefficient (Wildman–Crippen LogP) is 24.4. The number of phosphoric ester groups is 2. The van der Waals surface area contributed by atoms with Crippen LogP contribution < -0.4 is 0 Å². The van der Waals surface area contributed by atoms with Crippen molar-refractivity contribution in [2.24, 2.45) is 5.92 Å². The number of carbonyl (C=O) groups is 4.